The Morgan fingerprint density at radius 1 is 1.19 bits per heavy atom. The first-order chi connectivity index (χ1) is 17.2. The Morgan fingerprint density at radius 3 is 2.72 bits per heavy atom. The molecule has 1 aliphatic heterocycles. The van der Waals surface area contributed by atoms with Gasteiger partial charge in [0, 0.05) is 48.2 Å². The van der Waals surface area contributed by atoms with E-state index in [-0.39, 0.29) is 5.39 Å². The normalized spacial score (nSPS) is 22.0. The van der Waals surface area contributed by atoms with Gasteiger partial charge in [-0.05, 0) is 49.1 Å². The number of aryl methyl sites for hydroxylation is 1. The number of hydrogen-bond donors (Lipinski definition) is 0. The largest absolute Gasteiger partial charge is 0.435 e. The van der Waals surface area contributed by atoms with Crippen LogP contribution in [-0.4, -0.2) is 54.8 Å². The lowest BCUT2D eigenvalue weighted by Gasteiger charge is -2.21. The smallest absolute Gasteiger partial charge is 0.304 e. The number of fused-ring (bicyclic) bond motifs is 2. The Balaban J connectivity index is 1.06. The summed E-state index contributed by atoms with van der Waals surface area (Å²) in [7, 11) is 3.39. The molecule has 0 bridgehead atoms. The highest BCUT2D eigenvalue weighted by molar-refractivity contribution is 9.10. The molecule has 1 saturated carbocycles. The molecule has 2 unspecified atom stereocenters. The van der Waals surface area contributed by atoms with Crippen LogP contribution in [0.5, 0.6) is 0 Å². The Kier molecular flexibility index (Phi) is 6.01. The van der Waals surface area contributed by atoms with Crippen LogP contribution in [0.25, 0.3) is 20.9 Å². The van der Waals surface area contributed by atoms with Crippen molar-refractivity contribution < 1.29 is 13.2 Å². The van der Waals surface area contributed by atoms with E-state index >= 15 is 0 Å². The molecule has 1 saturated heterocycles. The van der Waals surface area contributed by atoms with Crippen molar-refractivity contribution >= 4 is 49.2 Å². The maximum absolute atomic E-state index is 13.3. The summed E-state index contributed by atoms with van der Waals surface area (Å²) >= 11 is 6.42. The molecule has 2 aliphatic rings. The molecule has 4 aromatic rings. The predicted molar refractivity (Wildman–Crippen MR) is 139 cm³/mol. The third-order valence-electron chi connectivity index (χ3n) is 7.32. The molecule has 6 nitrogen and oxygen atoms in total. The van der Waals surface area contributed by atoms with Crippen molar-refractivity contribution in [3.63, 3.8) is 0 Å². The molecule has 36 heavy (non-hydrogen) atoms. The SMILES string of the molecule is Cn1c(SCCCN2CC3CC3(c3ccc(Br)cc3)C2)nnc1-c1cc2c(C(F)(F)F)nn(C)c2s1. The molecule has 6 rings (SSSR count). The molecule has 4 heterocycles. The fourth-order valence-corrected chi connectivity index (χ4v) is 7.64. The van der Waals surface area contributed by atoms with Crippen LogP contribution in [0.2, 0.25) is 0 Å². The summed E-state index contributed by atoms with van der Waals surface area (Å²) in [6, 6.07) is 10.3. The second-order valence-electron chi connectivity index (χ2n) is 9.67. The summed E-state index contributed by atoms with van der Waals surface area (Å²) in [6.07, 6.45) is -2.16. The summed E-state index contributed by atoms with van der Waals surface area (Å²) < 4.78 is 44.3. The second kappa shape index (κ2) is 8.85. The molecule has 0 amide bonds. The Hall–Kier alpha value is -1.89. The van der Waals surface area contributed by atoms with Gasteiger partial charge in [0.2, 0.25) is 0 Å². The fourth-order valence-electron chi connectivity index (χ4n) is 5.45. The highest BCUT2D eigenvalue weighted by Gasteiger charge is 2.60. The average molecular weight is 598 g/mol. The van der Waals surface area contributed by atoms with Crippen molar-refractivity contribution in [2.75, 3.05) is 25.4 Å². The van der Waals surface area contributed by atoms with Crippen molar-refractivity contribution in [3.8, 4) is 10.7 Å². The van der Waals surface area contributed by atoms with E-state index in [9.17, 15) is 13.2 Å². The molecule has 1 aromatic carbocycles. The lowest BCUT2D eigenvalue weighted by molar-refractivity contribution is -0.140. The van der Waals surface area contributed by atoms with Crippen LogP contribution in [0.1, 0.15) is 24.1 Å². The van der Waals surface area contributed by atoms with Gasteiger partial charge in [0.15, 0.2) is 16.7 Å². The lowest BCUT2D eigenvalue weighted by atomic mass is 9.95. The molecule has 2 atom stereocenters. The quantitative estimate of drug-likeness (QED) is 0.194. The third-order valence-corrected chi connectivity index (χ3v) is 10.2. The van der Waals surface area contributed by atoms with Gasteiger partial charge in [0.1, 0.15) is 4.83 Å². The van der Waals surface area contributed by atoms with Crippen LogP contribution in [0.4, 0.5) is 13.2 Å². The van der Waals surface area contributed by atoms with Crippen molar-refractivity contribution in [1.82, 2.24) is 29.4 Å². The third kappa shape index (κ3) is 4.19. The minimum absolute atomic E-state index is 0.103. The van der Waals surface area contributed by atoms with E-state index in [2.05, 4.69) is 60.4 Å². The van der Waals surface area contributed by atoms with Crippen LogP contribution >= 0.6 is 39.0 Å². The Labute approximate surface area is 223 Å². The average Bonchev–Trinajstić information content (AvgIpc) is 3.22. The number of piperidine rings is 1. The van der Waals surface area contributed by atoms with Crippen molar-refractivity contribution in [1.29, 1.82) is 0 Å². The van der Waals surface area contributed by atoms with Crippen molar-refractivity contribution in [2.24, 2.45) is 20.0 Å². The summed E-state index contributed by atoms with van der Waals surface area (Å²) in [4.78, 5) is 3.70. The molecular weight excluding hydrogens is 573 g/mol. The molecule has 0 radical (unpaired) electrons. The highest BCUT2D eigenvalue weighted by Crippen LogP contribution is 2.59. The van der Waals surface area contributed by atoms with Crippen LogP contribution in [0, 0.1) is 5.92 Å². The predicted octanol–water partition coefficient (Wildman–Crippen LogP) is 5.97. The molecule has 2 fully saturated rings. The zero-order valence-corrected chi connectivity index (χ0v) is 22.9. The molecule has 12 heteroatoms. The molecule has 0 N–H and O–H groups in total. The molecular formula is C24H24BrF3N6S2. The van der Waals surface area contributed by atoms with Crippen LogP contribution in [-0.2, 0) is 25.7 Å². The lowest BCUT2D eigenvalue weighted by Crippen LogP contribution is -2.27. The van der Waals surface area contributed by atoms with E-state index in [4.69, 9.17) is 0 Å². The standard InChI is InChI=1S/C24H24BrF3N6S2/c1-32-20(18-10-17-19(24(26,27)28)31-33(2)21(17)36-18)29-30-22(32)35-9-3-8-34-12-15-11-23(15,13-34)14-4-6-16(25)7-5-14/h4-7,10,15H,3,8-9,11-13H2,1-2H3. The van der Waals surface area contributed by atoms with Crippen LogP contribution in [0.3, 0.4) is 0 Å². The number of benzene rings is 1. The number of likely N-dealkylation sites (tertiary alicyclic amines) is 1. The minimum Gasteiger partial charge on any atom is -0.304 e. The highest BCUT2D eigenvalue weighted by atomic mass is 79.9. The summed E-state index contributed by atoms with van der Waals surface area (Å²) in [5.41, 5.74) is 0.942. The number of aromatic nitrogens is 5. The van der Waals surface area contributed by atoms with E-state index in [1.165, 1.54) is 41.1 Å². The van der Waals surface area contributed by atoms with Gasteiger partial charge < -0.3 is 9.47 Å². The number of hydrogen-bond acceptors (Lipinski definition) is 6. The summed E-state index contributed by atoms with van der Waals surface area (Å²) in [5.74, 6) is 2.25. The zero-order valence-electron chi connectivity index (χ0n) is 19.7. The van der Waals surface area contributed by atoms with Gasteiger partial charge in [-0.1, -0.05) is 39.8 Å². The van der Waals surface area contributed by atoms with E-state index in [0.717, 1.165) is 47.4 Å². The van der Waals surface area contributed by atoms with E-state index < -0.39 is 11.9 Å². The number of thiophene rings is 1. The van der Waals surface area contributed by atoms with E-state index in [1.807, 2.05) is 11.6 Å². The number of halogens is 4. The second-order valence-corrected chi connectivity index (χ2v) is 12.7. The van der Waals surface area contributed by atoms with Gasteiger partial charge in [0.25, 0.3) is 0 Å². The Morgan fingerprint density at radius 2 is 1.97 bits per heavy atom. The van der Waals surface area contributed by atoms with Gasteiger partial charge >= 0.3 is 6.18 Å². The molecule has 1 aliphatic carbocycles. The van der Waals surface area contributed by atoms with Gasteiger partial charge in [-0.3, -0.25) is 4.68 Å². The first-order valence-corrected chi connectivity index (χ1v) is 14.3. The van der Waals surface area contributed by atoms with Crippen molar-refractivity contribution in [3.05, 3.63) is 46.1 Å². The first kappa shape index (κ1) is 24.4. The van der Waals surface area contributed by atoms with Gasteiger partial charge in [-0.2, -0.15) is 18.3 Å². The fraction of sp³-hybridized carbons (Fsp3) is 0.458. The van der Waals surface area contributed by atoms with E-state index in [1.54, 1.807) is 11.8 Å². The molecule has 3 aromatic heterocycles. The minimum atomic E-state index is -4.49. The maximum atomic E-state index is 13.3. The van der Waals surface area contributed by atoms with Crippen LogP contribution < -0.4 is 0 Å². The first-order valence-electron chi connectivity index (χ1n) is 11.7. The van der Waals surface area contributed by atoms with Gasteiger partial charge in [-0.25, -0.2) is 0 Å². The number of nitrogens with zero attached hydrogens (tertiary/aromatic N) is 6. The van der Waals surface area contributed by atoms with E-state index in [0.29, 0.717) is 20.9 Å². The Bertz CT molecular complexity index is 1430. The maximum Gasteiger partial charge on any atom is 0.435 e. The van der Waals surface area contributed by atoms with Gasteiger partial charge in [-0.15, -0.1) is 21.5 Å². The van der Waals surface area contributed by atoms with Crippen molar-refractivity contribution in [2.45, 2.75) is 29.6 Å². The molecule has 190 valence electrons. The summed E-state index contributed by atoms with van der Waals surface area (Å²) in [6.45, 7) is 3.34. The zero-order chi connectivity index (χ0) is 25.2. The van der Waals surface area contributed by atoms with Crippen LogP contribution in [0.15, 0.2) is 40.0 Å². The number of alkyl halides is 3. The number of rotatable bonds is 7. The monoisotopic (exact) mass is 596 g/mol. The molecule has 0 spiro atoms. The topological polar surface area (TPSA) is 51.8 Å². The number of thioether (sulfide) groups is 1. The van der Waals surface area contributed by atoms with Gasteiger partial charge in [0.05, 0.1) is 4.88 Å². The summed E-state index contributed by atoms with van der Waals surface area (Å²) in [5, 5.41) is 13.1.